The quantitative estimate of drug-likeness (QED) is 0.457. The molecule has 31 heavy (non-hydrogen) atoms. The average molecular weight is 445 g/mol. The second-order valence-corrected chi connectivity index (χ2v) is 9.13. The molecule has 1 fully saturated rings. The predicted molar refractivity (Wildman–Crippen MR) is 124 cm³/mol. The summed E-state index contributed by atoms with van der Waals surface area (Å²) >= 11 is 1.23. The molecule has 7 nitrogen and oxygen atoms in total. The van der Waals surface area contributed by atoms with Crippen molar-refractivity contribution in [2.75, 3.05) is 5.75 Å². The van der Waals surface area contributed by atoms with Crippen molar-refractivity contribution >= 4 is 34.5 Å². The third kappa shape index (κ3) is 6.56. The molecule has 1 heterocycles. The lowest BCUT2D eigenvalue weighted by Crippen LogP contribution is -2.37. The lowest BCUT2D eigenvalue weighted by molar-refractivity contribution is -0.122. The Morgan fingerprint density at radius 1 is 1.19 bits per heavy atom. The van der Waals surface area contributed by atoms with Crippen LogP contribution in [0.4, 0.5) is 0 Å². The molecular weight excluding hydrogens is 412 g/mol. The van der Waals surface area contributed by atoms with Crippen molar-refractivity contribution in [3.05, 3.63) is 34.6 Å². The molecule has 0 unspecified atom stereocenters. The van der Waals surface area contributed by atoms with Crippen LogP contribution in [0.25, 0.3) is 10.9 Å². The highest BCUT2D eigenvalue weighted by Gasteiger charge is 2.18. The summed E-state index contributed by atoms with van der Waals surface area (Å²) in [5.74, 6) is 0.0319. The van der Waals surface area contributed by atoms with Gasteiger partial charge in [0.25, 0.3) is 5.56 Å². The van der Waals surface area contributed by atoms with E-state index in [9.17, 15) is 14.4 Å². The average Bonchev–Trinajstić information content (AvgIpc) is 2.77. The fourth-order valence-corrected chi connectivity index (χ4v) is 4.60. The van der Waals surface area contributed by atoms with Crippen LogP contribution in [0.1, 0.15) is 58.8 Å². The number of carbonyl (C=O) groups is 2. The Morgan fingerprint density at radius 2 is 1.94 bits per heavy atom. The molecule has 0 spiro atoms. The number of amides is 2. The predicted octanol–water partition coefficient (Wildman–Crippen LogP) is 3.24. The molecule has 0 saturated heterocycles. The second kappa shape index (κ2) is 11.3. The number of fused-ring (bicyclic) bond motifs is 1. The van der Waals surface area contributed by atoms with E-state index in [4.69, 9.17) is 0 Å². The number of benzene rings is 1. The van der Waals surface area contributed by atoms with Crippen LogP contribution < -0.4 is 16.2 Å². The van der Waals surface area contributed by atoms with E-state index in [-0.39, 0.29) is 48.2 Å². The van der Waals surface area contributed by atoms with Crippen molar-refractivity contribution in [2.24, 2.45) is 0 Å². The van der Waals surface area contributed by atoms with Crippen molar-refractivity contribution in [3.63, 3.8) is 0 Å². The maximum Gasteiger partial charge on any atom is 0.262 e. The van der Waals surface area contributed by atoms with Crippen molar-refractivity contribution in [3.8, 4) is 0 Å². The van der Waals surface area contributed by atoms with Gasteiger partial charge >= 0.3 is 0 Å². The van der Waals surface area contributed by atoms with Gasteiger partial charge in [0.05, 0.1) is 16.7 Å². The van der Waals surface area contributed by atoms with Gasteiger partial charge in [-0.25, -0.2) is 4.98 Å². The molecule has 1 atom stereocenters. The van der Waals surface area contributed by atoms with Crippen LogP contribution in [0.15, 0.2) is 34.2 Å². The zero-order valence-corrected chi connectivity index (χ0v) is 19.2. The summed E-state index contributed by atoms with van der Waals surface area (Å²) in [5, 5.41) is 7.01. The minimum absolute atomic E-state index is 0.0441. The molecule has 2 aromatic rings. The largest absolute Gasteiger partial charge is 0.353 e. The van der Waals surface area contributed by atoms with Crippen LogP contribution in [0.5, 0.6) is 0 Å². The van der Waals surface area contributed by atoms with Crippen LogP contribution in [0.3, 0.4) is 0 Å². The van der Waals surface area contributed by atoms with Crippen molar-refractivity contribution in [1.29, 1.82) is 0 Å². The molecule has 0 bridgehead atoms. The zero-order chi connectivity index (χ0) is 22.2. The third-order valence-corrected chi connectivity index (χ3v) is 6.69. The van der Waals surface area contributed by atoms with Gasteiger partial charge in [-0.3, -0.25) is 19.0 Å². The van der Waals surface area contributed by atoms with Crippen LogP contribution >= 0.6 is 11.8 Å². The Balaban J connectivity index is 1.73. The summed E-state index contributed by atoms with van der Waals surface area (Å²) in [6.45, 7) is 4.21. The Kier molecular flexibility index (Phi) is 8.51. The summed E-state index contributed by atoms with van der Waals surface area (Å²) in [6, 6.07) is 7.51. The molecule has 0 aliphatic heterocycles. The zero-order valence-electron chi connectivity index (χ0n) is 18.4. The van der Waals surface area contributed by atoms with Crippen LogP contribution in [0.2, 0.25) is 0 Å². The summed E-state index contributed by atoms with van der Waals surface area (Å²) in [6.07, 6.45) is 6.65. The van der Waals surface area contributed by atoms with E-state index in [0.29, 0.717) is 16.1 Å². The Labute approximate surface area is 187 Å². The number of nitrogens with zero attached hydrogens (tertiary/aromatic N) is 2. The number of thioether (sulfide) groups is 1. The van der Waals surface area contributed by atoms with Crippen molar-refractivity contribution in [1.82, 2.24) is 20.2 Å². The molecule has 8 heteroatoms. The van der Waals surface area contributed by atoms with Crippen molar-refractivity contribution in [2.45, 2.75) is 82.6 Å². The van der Waals surface area contributed by atoms with Gasteiger partial charge in [-0.2, -0.15) is 0 Å². The van der Waals surface area contributed by atoms with Gasteiger partial charge in [-0.15, -0.1) is 0 Å². The Bertz CT molecular complexity index is 969. The summed E-state index contributed by atoms with van der Waals surface area (Å²) in [7, 11) is 0. The number of hydrogen-bond donors (Lipinski definition) is 2. The monoisotopic (exact) mass is 444 g/mol. The van der Waals surface area contributed by atoms with Gasteiger partial charge in [0.1, 0.15) is 0 Å². The molecule has 0 radical (unpaired) electrons. The van der Waals surface area contributed by atoms with Gasteiger partial charge in [0.15, 0.2) is 5.16 Å². The van der Waals surface area contributed by atoms with Crippen LogP contribution in [-0.4, -0.2) is 39.2 Å². The maximum atomic E-state index is 13.1. The third-order valence-electron chi connectivity index (χ3n) is 5.71. The molecule has 3 rings (SSSR count). The highest BCUT2D eigenvalue weighted by Crippen LogP contribution is 2.19. The first-order valence-corrected chi connectivity index (χ1v) is 12.2. The van der Waals surface area contributed by atoms with E-state index in [0.717, 1.165) is 32.1 Å². The Morgan fingerprint density at radius 3 is 2.68 bits per heavy atom. The molecule has 2 amide bonds. The van der Waals surface area contributed by atoms with Crippen molar-refractivity contribution < 1.29 is 9.59 Å². The minimum Gasteiger partial charge on any atom is -0.353 e. The molecule has 1 aromatic carbocycles. The normalized spacial score (nSPS) is 15.5. The smallest absolute Gasteiger partial charge is 0.262 e. The summed E-state index contributed by atoms with van der Waals surface area (Å²) in [5.41, 5.74) is 0.418. The first kappa shape index (κ1) is 23.3. The molecule has 1 saturated carbocycles. The molecular formula is C23H32N4O3S. The molecule has 2 N–H and O–H groups in total. The molecule has 1 aliphatic carbocycles. The first-order chi connectivity index (χ1) is 15.0. The topological polar surface area (TPSA) is 93.1 Å². The number of nitrogens with one attached hydrogen (secondary N) is 2. The van der Waals surface area contributed by atoms with E-state index in [1.807, 2.05) is 19.9 Å². The van der Waals surface area contributed by atoms with E-state index in [1.54, 1.807) is 18.2 Å². The summed E-state index contributed by atoms with van der Waals surface area (Å²) in [4.78, 5) is 42.4. The van der Waals surface area contributed by atoms with Crippen LogP contribution in [0, 0.1) is 0 Å². The highest BCUT2D eigenvalue weighted by atomic mass is 32.2. The standard InChI is InChI=1S/C23H32N4O3S/c1-3-16(2)24-21(29)15-31-23-26-19-12-8-7-11-18(19)22(30)27(23)14-13-20(28)25-17-9-5-4-6-10-17/h7-8,11-12,16-17H,3-6,9-10,13-15H2,1-2H3,(H,24,29)(H,25,28)/t16-/m1/s1. The van der Waals surface area contributed by atoms with E-state index >= 15 is 0 Å². The fraction of sp³-hybridized carbons (Fsp3) is 0.565. The van der Waals surface area contributed by atoms with Gasteiger partial charge < -0.3 is 10.6 Å². The van der Waals surface area contributed by atoms with E-state index in [1.165, 1.54) is 22.7 Å². The van der Waals surface area contributed by atoms with Gasteiger partial charge in [-0.05, 0) is 38.3 Å². The number of hydrogen-bond acceptors (Lipinski definition) is 5. The van der Waals surface area contributed by atoms with E-state index in [2.05, 4.69) is 15.6 Å². The van der Waals surface area contributed by atoms with Gasteiger partial charge in [0, 0.05) is 25.0 Å². The summed E-state index contributed by atoms with van der Waals surface area (Å²) < 4.78 is 1.53. The lowest BCUT2D eigenvalue weighted by Gasteiger charge is -2.23. The minimum atomic E-state index is -0.180. The highest BCUT2D eigenvalue weighted by molar-refractivity contribution is 7.99. The Hall–Kier alpha value is -2.35. The molecule has 168 valence electrons. The SMILES string of the molecule is CC[C@@H](C)NC(=O)CSc1nc2ccccc2c(=O)n1CCC(=O)NC1CCCCC1. The van der Waals surface area contributed by atoms with Gasteiger partial charge in [0.2, 0.25) is 11.8 Å². The number of para-hydroxylation sites is 1. The van der Waals surface area contributed by atoms with E-state index < -0.39 is 0 Å². The fourth-order valence-electron chi connectivity index (χ4n) is 3.76. The molecule has 1 aliphatic rings. The lowest BCUT2D eigenvalue weighted by atomic mass is 9.95. The van der Waals surface area contributed by atoms with Gasteiger partial charge in [-0.1, -0.05) is 50.1 Å². The number of rotatable bonds is 9. The number of aromatic nitrogens is 2. The van der Waals surface area contributed by atoms with Crippen LogP contribution in [-0.2, 0) is 16.1 Å². The number of carbonyl (C=O) groups excluding carboxylic acids is 2. The first-order valence-electron chi connectivity index (χ1n) is 11.2. The second-order valence-electron chi connectivity index (χ2n) is 8.19. The molecule has 1 aromatic heterocycles. The maximum absolute atomic E-state index is 13.1.